The molecule has 2 aromatic carbocycles. The van der Waals surface area contributed by atoms with Crippen molar-refractivity contribution in [2.45, 2.75) is 0 Å². The first-order chi connectivity index (χ1) is 18.2. The zero-order valence-electron chi connectivity index (χ0n) is 19.9. The van der Waals surface area contributed by atoms with E-state index in [9.17, 15) is 9.59 Å². The molecule has 0 unspecified atom stereocenters. The molecule has 9 heteroatoms. The Morgan fingerprint density at radius 2 is 1.26 bits per heavy atom. The van der Waals surface area contributed by atoms with Gasteiger partial charge in [-0.05, 0) is 82.1 Å². The van der Waals surface area contributed by atoms with Gasteiger partial charge >= 0.3 is 17.1 Å². The van der Waals surface area contributed by atoms with Crippen molar-refractivity contribution in [3.8, 4) is 5.00 Å². The maximum atomic E-state index is 13.5. The molecule has 2 aliphatic rings. The van der Waals surface area contributed by atoms with Crippen LogP contribution in [0.25, 0.3) is 5.00 Å². The minimum atomic E-state index is -0.451. The van der Waals surface area contributed by atoms with Crippen LogP contribution in [0.15, 0.2) is 73.3 Å². The quantitative estimate of drug-likeness (QED) is 0.255. The molecule has 0 atom stereocenters. The molecule has 2 heterocycles. The molecule has 0 spiro atoms. The molecule has 7 nitrogen and oxygen atoms in total. The molecule has 6 rings (SSSR count). The Balaban J connectivity index is 0.000000504. The molecule has 0 aliphatic heterocycles. The van der Waals surface area contributed by atoms with Crippen molar-refractivity contribution in [2.24, 2.45) is 0 Å². The van der Waals surface area contributed by atoms with Gasteiger partial charge in [-0.2, -0.15) is 5.10 Å². The van der Waals surface area contributed by atoms with Gasteiger partial charge < -0.3 is 0 Å². The van der Waals surface area contributed by atoms with Crippen molar-refractivity contribution >= 4 is 28.3 Å². The molecule has 186 valence electrons. The van der Waals surface area contributed by atoms with Crippen LogP contribution in [0, 0.1) is 63.7 Å². The zero-order valence-corrected chi connectivity index (χ0v) is 21.9. The summed E-state index contributed by atoms with van der Waals surface area (Å²) in [6, 6.07) is 17.4. The number of anilines is 1. The Labute approximate surface area is 237 Å². The van der Waals surface area contributed by atoms with Crippen LogP contribution >= 0.6 is 11.3 Å². The Morgan fingerprint density at radius 1 is 0.737 bits per heavy atom. The first-order valence-electron chi connectivity index (χ1n) is 11.5. The second-order valence-corrected chi connectivity index (χ2v) is 8.76. The smallest absolute Gasteiger partial charge is 0.268 e. The fourth-order valence-electron chi connectivity index (χ4n) is 3.59. The van der Waals surface area contributed by atoms with Crippen molar-refractivity contribution in [3.05, 3.63) is 154 Å². The third kappa shape index (κ3) is 6.46. The van der Waals surface area contributed by atoms with Crippen molar-refractivity contribution in [3.63, 3.8) is 0 Å². The van der Waals surface area contributed by atoms with Crippen molar-refractivity contribution in [1.82, 2.24) is 19.7 Å². The zero-order chi connectivity index (χ0) is 25.5. The first-order valence-corrected chi connectivity index (χ1v) is 12.3. The Bertz CT molecular complexity index is 1240. The van der Waals surface area contributed by atoms with Crippen LogP contribution in [-0.2, 0) is 17.1 Å². The third-order valence-electron chi connectivity index (χ3n) is 5.36. The van der Waals surface area contributed by atoms with Crippen molar-refractivity contribution < 1.29 is 26.7 Å². The van der Waals surface area contributed by atoms with Crippen LogP contribution in [0.2, 0.25) is 0 Å². The number of benzene rings is 2. The number of imide groups is 1. The molecule has 2 amide bonds. The maximum absolute atomic E-state index is 13.5. The molecule has 10 radical (unpaired) electrons. The van der Waals surface area contributed by atoms with Gasteiger partial charge in [0, 0.05) is 17.0 Å². The van der Waals surface area contributed by atoms with Gasteiger partial charge in [-0.1, -0.05) is 47.7 Å². The van der Waals surface area contributed by atoms with E-state index >= 15 is 0 Å². The van der Waals surface area contributed by atoms with Crippen LogP contribution in [0.1, 0.15) is 26.4 Å². The number of rotatable bonds is 5. The minimum absolute atomic E-state index is 0. The van der Waals surface area contributed by atoms with Crippen LogP contribution in [0.3, 0.4) is 0 Å². The summed E-state index contributed by atoms with van der Waals surface area (Å²) in [7, 11) is 0. The average molecular weight is 559 g/mol. The van der Waals surface area contributed by atoms with Gasteiger partial charge in [0.15, 0.2) is 0 Å². The van der Waals surface area contributed by atoms with Crippen molar-refractivity contribution in [2.75, 3.05) is 4.90 Å². The van der Waals surface area contributed by atoms with E-state index in [1.807, 2.05) is 69.9 Å². The molecule has 0 bridgehead atoms. The second-order valence-electron chi connectivity index (χ2n) is 7.80. The Morgan fingerprint density at radius 3 is 1.74 bits per heavy atom. The summed E-state index contributed by atoms with van der Waals surface area (Å²) in [4.78, 5) is 36.8. The molecule has 38 heavy (non-hydrogen) atoms. The Hall–Kier alpha value is -3.13. The van der Waals surface area contributed by atoms with E-state index in [1.165, 1.54) is 17.7 Å². The number of hydrogen-bond acceptors (Lipinski definition) is 6. The van der Waals surface area contributed by atoms with Crippen LogP contribution < -0.4 is 4.90 Å². The third-order valence-corrected chi connectivity index (χ3v) is 6.39. The predicted octanol–water partition coefficient (Wildman–Crippen LogP) is 4.98. The van der Waals surface area contributed by atoms with Gasteiger partial charge in [0.05, 0.1) is 5.69 Å². The molecule has 2 aromatic heterocycles. The second kappa shape index (κ2) is 13.6. The number of carbonyl (C=O) groups excluding carboxylic acids is 2. The molecule has 4 aromatic rings. The number of amides is 2. The van der Waals surface area contributed by atoms with Crippen LogP contribution in [0.4, 0.5) is 5.13 Å². The molecule has 2 fully saturated rings. The first kappa shape index (κ1) is 27.9. The summed E-state index contributed by atoms with van der Waals surface area (Å²) in [5, 5.41) is 5.14. The normalized spacial score (nSPS) is 14.8. The SMILES string of the molecule is O=C(c1ccccc1)N(C(=O)c1ccccc1)c1nc([C]2[CH][CH][CH][CH]2)c(-n2cncn2)s1.[CH]1[CH][CH][CH][CH]1.[Fe+2]. The van der Waals surface area contributed by atoms with E-state index < -0.39 is 11.8 Å². The van der Waals surface area contributed by atoms with Gasteiger partial charge in [-0.25, -0.2) is 19.5 Å². The number of thiazole rings is 1. The molecule has 2 aliphatic carbocycles. The molecule has 2 saturated carbocycles. The van der Waals surface area contributed by atoms with Gasteiger partial charge in [0.2, 0.25) is 5.13 Å². The average Bonchev–Trinajstić information content (AvgIpc) is 3.78. The van der Waals surface area contributed by atoms with Crippen LogP contribution in [-0.4, -0.2) is 31.6 Å². The van der Waals surface area contributed by atoms with Crippen molar-refractivity contribution in [1.29, 1.82) is 0 Å². The van der Waals surface area contributed by atoms with Crippen LogP contribution in [0.5, 0.6) is 0 Å². The number of nitrogens with zero attached hydrogens (tertiary/aromatic N) is 5. The maximum Gasteiger partial charge on any atom is 2.00 e. The molecular weight excluding hydrogens is 538 g/mol. The summed E-state index contributed by atoms with van der Waals surface area (Å²) in [5.74, 6) is -0.0444. The summed E-state index contributed by atoms with van der Waals surface area (Å²) in [6.45, 7) is 0. The van der Waals surface area contributed by atoms with E-state index in [0.717, 1.165) is 10.8 Å². The fourth-order valence-corrected chi connectivity index (χ4v) is 4.61. The predicted molar refractivity (Wildman–Crippen MR) is 142 cm³/mol. The van der Waals surface area contributed by atoms with E-state index in [1.54, 1.807) is 59.5 Å². The topological polar surface area (TPSA) is 81.0 Å². The number of hydrogen-bond donors (Lipinski definition) is 0. The number of aromatic nitrogens is 4. The van der Waals surface area contributed by atoms with Gasteiger partial charge in [0.25, 0.3) is 11.8 Å². The van der Waals surface area contributed by atoms with E-state index in [2.05, 4.69) is 10.1 Å². The number of carbonyl (C=O) groups is 2. The van der Waals surface area contributed by atoms with E-state index in [4.69, 9.17) is 4.98 Å². The molecular formula is C29H21FeN5O2S+2. The largest absolute Gasteiger partial charge is 2.00 e. The van der Waals surface area contributed by atoms with Gasteiger partial charge in [-0.15, -0.1) is 0 Å². The molecule has 0 saturated heterocycles. The fraction of sp³-hybridized carbons (Fsp3) is 0. The summed E-state index contributed by atoms with van der Waals surface area (Å²) in [5.41, 5.74) is 1.40. The van der Waals surface area contributed by atoms with Gasteiger partial charge in [0.1, 0.15) is 17.7 Å². The molecule has 0 N–H and O–H groups in total. The summed E-state index contributed by atoms with van der Waals surface area (Å²) in [6.07, 6.45) is 20.6. The minimum Gasteiger partial charge on any atom is -0.268 e. The van der Waals surface area contributed by atoms with E-state index in [-0.39, 0.29) is 22.2 Å². The van der Waals surface area contributed by atoms with Gasteiger partial charge in [-0.3, -0.25) is 9.59 Å². The summed E-state index contributed by atoms with van der Waals surface area (Å²) >= 11 is 1.20. The summed E-state index contributed by atoms with van der Waals surface area (Å²) < 4.78 is 1.58. The Kier molecular flexibility index (Phi) is 9.98. The monoisotopic (exact) mass is 559 g/mol. The van der Waals surface area contributed by atoms with E-state index in [0.29, 0.717) is 21.8 Å². The standard InChI is InChI=1S/C24H16N5O2S.C5H5.Fe/c30-21(18-11-3-1-4-12-18)29(22(31)19-13-5-2-6-14-19)24-27-20(17-9-7-8-10-17)23(32-24)28-16-25-15-26-28;1-2-4-5-3-1;/h1-16H;1-5H;/q;;+2.